The van der Waals surface area contributed by atoms with Gasteiger partial charge < -0.3 is 30.7 Å². The van der Waals surface area contributed by atoms with Crippen molar-refractivity contribution in [3.63, 3.8) is 0 Å². The summed E-state index contributed by atoms with van der Waals surface area (Å²) in [5, 5.41) is 20.7. The zero-order valence-corrected chi connectivity index (χ0v) is 34.7. The molecule has 0 bridgehead atoms. The van der Waals surface area contributed by atoms with Crippen molar-refractivity contribution in [1.29, 1.82) is 0 Å². The molecular formula is C46H45FN8O6. The third kappa shape index (κ3) is 7.58. The molecule has 0 fully saturated rings. The normalized spacial score (nSPS) is 18.0. The Morgan fingerprint density at radius 1 is 0.705 bits per heavy atom. The Morgan fingerprint density at radius 2 is 1.28 bits per heavy atom. The van der Waals surface area contributed by atoms with Gasteiger partial charge in [0.25, 0.3) is 11.8 Å². The van der Waals surface area contributed by atoms with Gasteiger partial charge in [-0.15, -0.1) is 0 Å². The minimum absolute atomic E-state index is 0.131. The molecule has 0 saturated carbocycles. The van der Waals surface area contributed by atoms with Gasteiger partial charge in [0.05, 0.1) is 18.5 Å². The van der Waals surface area contributed by atoms with E-state index in [9.17, 15) is 23.6 Å². The molecular weight excluding hydrogens is 780 g/mol. The molecule has 312 valence electrons. The number of nitrogens with zero attached hydrogens (tertiary/aromatic N) is 4. The summed E-state index contributed by atoms with van der Waals surface area (Å²) in [6, 6.07) is 21.8. The van der Waals surface area contributed by atoms with Crippen molar-refractivity contribution >= 4 is 35.3 Å². The summed E-state index contributed by atoms with van der Waals surface area (Å²) in [6.45, 7) is 7.56. The maximum absolute atomic E-state index is 14.5. The number of anilines is 2. The van der Waals surface area contributed by atoms with Crippen LogP contribution in [0.3, 0.4) is 0 Å². The molecule has 4 heterocycles. The minimum atomic E-state index is -1.04. The number of halogens is 1. The third-order valence-electron chi connectivity index (χ3n) is 11.5. The highest BCUT2D eigenvalue weighted by atomic mass is 19.1. The summed E-state index contributed by atoms with van der Waals surface area (Å²) in [5.41, 5.74) is 7.33. The fourth-order valence-electron chi connectivity index (χ4n) is 8.52. The highest BCUT2D eigenvalue weighted by Crippen LogP contribution is 2.43. The SMILES string of the molecule is COc1cc(C2c3c(C)nn(C)c3NC(=O)C2NC(=O)c2cccc(C)c2)ccc1OCc1ccc(C(=O)NC2C(=O)Nc3c(c(C)nn3C)C2c2cccc(F)c2)cc1C. The predicted octanol–water partition coefficient (Wildman–Crippen LogP) is 5.88. The summed E-state index contributed by atoms with van der Waals surface area (Å²) in [4.78, 5) is 54.5. The van der Waals surface area contributed by atoms with Gasteiger partial charge in [-0.25, -0.2) is 4.39 Å². The van der Waals surface area contributed by atoms with E-state index in [2.05, 4.69) is 31.5 Å². The highest BCUT2D eigenvalue weighted by Gasteiger charge is 2.43. The molecule has 2 aromatic heterocycles. The maximum Gasteiger partial charge on any atom is 0.251 e. The van der Waals surface area contributed by atoms with Crippen molar-refractivity contribution in [3.05, 3.63) is 152 Å². The first kappa shape index (κ1) is 40.5. The number of nitrogens with one attached hydrogen (secondary N) is 4. The third-order valence-corrected chi connectivity index (χ3v) is 11.5. The van der Waals surface area contributed by atoms with E-state index < -0.39 is 41.6 Å². The van der Waals surface area contributed by atoms with Gasteiger partial charge >= 0.3 is 0 Å². The molecule has 6 aromatic rings. The predicted molar refractivity (Wildman–Crippen MR) is 225 cm³/mol. The molecule has 2 aliphatic rings. The van der Waals surface area contributed by atoms with Crippen LogP contribution in [0.1, 0.15) is 82.9 Å². The molecule has 0 radical (unpaired) electrons. The molecule has 2 aliphatic heterocycles. The number of hydrogen-bond donors (Lipinski definition) is 4. The van der Waals surface area contributed by atoms with Crippen molar-refractivity contribution in [2.45, 2.75) is 58.2 Å². The number of aromatic nitrogens is 4. The largest absolute Gasteiger partial charge is 0.493 e. The van der Waals surface area contributed by atoms with Crippen LogP contribution in [0.5, 0.6) is 11.5 Å². The Morgan fingerprint density at radius 3 is 1.84 bits per heavy atom. The number of carbonyl (C=O) groups excluding carboxylic acids is 4. The lowest BCUT2D eigenvalue weighted by Crippen LogP contribution is -2.50. The lowest BCUT2D eigenvalue weighted by Gasteiger charge is -2.33. The average molecular weight is 825 g/mol. The molecule has 0 spiro atoms. The molecule has 0 aliphatic carbocycles. The molecule has 4 atom stereocenters. The number of benzene rings is 4. The van der Waals surface area contributed by atoms with Gasteiger partial charge in [0, 0.05) is 48.2 Å². The standard InChI is InChI=1S/C46H45FN8O6/c1-23-10-8-12-29(18-23)43(56)48-40-38(36-26(4)53-55(6)42(36)51-46(40)59)28-16-17-33(34(21-28)60-7)61-22-31-15-14-30(19-24(31)2)44(57)49-39-37(27-11-9-13-32(47)20-27)35-25(3)52-54(5)41(35)50-45(39)58/h8-21,37-40H,22H2,1-7H3,(H,48,56)(H,49,57)(H,50,58)(H,51,59). The molecule has 4 unspecified atom stereocenters. The van der Waals surface area contributed by atoms with E-state index in [0.29, 0.717) is 62.3 Å². The Hall–Kier alpha value is -7.29. The second kappa shape index (κ2) is 16.0. The highest BCUT2D eigenvalue weighted by molar-refractivity contribution is 6.05. The van der Waals surface area contributed by atoms with E-state index in [1.165, 1.54) is 19.2 Å². The van der Waals surface area contributed by atoms with Gasteiger partial charge in [0.1, 0.15) is 36.1 Å². The van der Waals surface area contributed by atoms with Gasteiger partial charge in [0.2, 0.25) is 11.8 Å². The maximum atomic E-state index is 14.5. The second-order valence-corrected chi connectivity index (χ2v) is 15.5. The van der Waals surface area contributed by atoms with Crippen molar-refractivity contribution in [2.75, 3.05) is 17.7 Å². The van der Waals surface area contributed by atoms with Crippen LogP contribution in [0.4, 0.5) is 16.0 Å². The zero-order chi connectivity index (χ0) is 43.3. The minimum Gasteiger partial charge on any atom is -0.493 e. The van der Waals surface area contributed by atoms with Crippen LogP contribution < -0.4 is 30.7 Å². The summed E-state index contributed by atoms with van der Waals surface area (Å²) in [5.74, 6) is -1.51. The van der Waals surface area contributed by atoms with Crippen LogP contribution in [0.25, 0.3) is 0 Å². The molecule has 4 amide bonds. The first-order chi connectivity index (χ1) is 29.2. The summed E-state index contributed by atoms with van der Waals surface area (Å²) < 4.78 is 29.8. The first-order valence-electron chi connectivity index (χ1n) is 19.7. The van der Waals surface area contributed by atoms with Crippen LogP contribution in [0.15, 0.2) is 84.9 Å². The fourth-order valence-corrected chi connectivity index (χ4v) is 8.52. The molecule has 14 nitrogen and oxygen atoms in total. The zero-order valence-electron chi connectivity index (χ0n) is 34.7. The number of methoxy groups -OCH3 is 1. The Balaban J connectivity index is 1.01. The van der Waals surface area contributed by atoms with E-state index in [1.54, 1.807) is 84.1 Å². The number of ether oxygens (including phenoxy) is 2. The summed E-state index contributed by atoms with van der Waals surface area (Å²) in [7, 11) is 5.00. The van der Waals surface area contributed by atoms with E-state index in [-0.39, 0.29) is 18.4 Å². The van der Waals surface area contributed by atoms with Crippen molar-refractivity contribution < 1.29 is 33.0 Å². The number of fused-ring (bicyclic) bond motifs is 2. The molecule has 4 aromatic carbocycles. The lowest BCUT2D eigenvalue weighted by atomic mass is 9.81. The molecule has 8 rings (SSSR count). The van der Waals surface area contributed by atoms with E-state index in [4.69, 9.17) is 9.47 Å². The Bertz CT molecular complexity index is 2760. The van der Waals surface area contributed by atoms with Gasteiger partial charge in [-0.2, -0.15) is 10.2 Å². The van der Waals surface area contributed by atoms with Crippen LogP contribution in [0, 0.1) is 33.5 Å². The summed E-state index contributed by atoms with van der Waals surface area (Å²) >= 11 is 0. The molecule has 4 N–H and O–H groups in total. The van der Waals surface area contributed by atoms with Crippen LogP contribution in [-0.2, 0) is 30.3 Å². The Labute approximate surface area is 351 Å². The number of amides is 4. The fraction of sp³-hybridized carbons (Fsp3) is 0.261. The monoisotopic (exact) mass is 824 g/mol. The van der Waals surface area contributed by atoms with Crippen molar-refractivity contribution in [1.82, 2.24) is 30.2 Å². The van der Waals surface area contributed by atoms with Gasteiger partial charge in [0.15, 0.2) is 11.5 Å². The number of carbonyl (C=O) groups is 4. The van der Waals surface area contributed by atoms with E-state index in [1.807, 2.05) is 39.8 Å². The van der Waals surface area contributed by atoms with Gasteiger partial charge in [-0.05, 0) is 98.5 Å². The topological polar surface area (TPSA) is 170 Å². The van der Waals surface area contributed by atoms with Gasteiger partial charge in [-0.1, -0.05) is 42.0 Å². The summed E-state index contributed by atoms with van der Waals surface area (Å²) in [6.07, 6.45) is 0. The van der Waals surface area contributed by atoms with Crippen LogP contribution >= 0.6 is 0 Å². The molecule has 15 heteroatoms. The molecule has 61 heavy (non-hydrogen) atoms. The van der Waals surface area contributed by atoms with E-state index >= 15 is 0 Å². The Kier molecular flexibility index (Phi) is 10.7. The lowest BCUT2D eigenvalue weighted by molar-refractivity contribution is -0.119. The number of rotatable bonds is 10. The molecule has 0 saturated heterocycles. The first-order valence-corrected chi connectivity index (χ1v) is 19.7. The quantitative estimate of drug-likeness (QED) is 0.133. The average Bonchev–Trinajstić information content (AvgIpc) is 3.67. The van der Waals surface area contributed by atoms with Crippen LogP contribution in [-0.4, -0.2) is 62.4 Å². The van der Waals surface area contributed by atoms with Crippen molar-refractivity contribution in [3.8, 4) is 11.5 Å². The van der Waals surface area contributed by atoms with Gasteiger partial charge in [-0.3, -0.25) is 28.5 Å². The van der Waals surface area contributed by atoms with Crippen molar-refractivity contribution in [2.24, 2.45) is 14.1 Å². The van der Waals surface area contributed by atoms with Crippen LogP contribution in [0.2, 0.25) is 0 Å². The number of hydrogen-bond acceptors (Lipinski definition) is 8. The van der Waals surface area contributed by atoms with E-state index in [0.717, 1.165) is 22.3 Å². The number of aryl methyl sites for hydroxylation is 6. The second-order valence-electron chi connectivity index (χ2n) is 15.5. The smallest absolute Gasteiger partial charge is 0.251 e.